The molecule has 0 bridgehead atoms. The number of nitrogens with one attached hydrogen (secondary N) is 1. The van der Waals surface area contributed by atoms with Crippen LogP contribution in [-0.4, -0.2) is 11.1 Å². The third-order valence-electron chi connectivity index (χ3n) is 3.73. The number of rotatable bonds is 5. The van der Waals surface area contributed by atoms with Gasteiger partial charge in [0.1, 0.15) is 5.75 Å². The Morgan fingerprint density at radius 1 is 1.10 bits per heavy atom. The number of aromatic hydroxyl groups is 1. The van der Waals surface area contributed by atoms with Gasteiger partial charge in [0.2, 0.25) is 0 Å². The van der Waals surface area contributed by atoms with Crippen molar-refractivity contribution in [3.05, 3.63) is 64.4 Å². The average molecular weight is 297 g/mol. The number of hydrogen-bond donors (Lipinski definition) is 2. The van der Waals surface area contributed by atoms with Gasteiger partial charge in [-0.05, 0) is 41.6 Å². The van der Waals surface area contributed by atoms with Crippen LogP contribution >= 0.6 is 11.3 Å². The number of hydrogen-bond acceptors (Lipinski definition) is 3. The molecule has 0 aliphatic heterocycles. The summed E-state index contributed by atoms with van der Waals surface area (Å²) >= 11 is 1.79. The van der Waals surface area contributed by atoms with Crippen molar-refractivity contribution >= 4 is 22.1 Å². The van der Waals surface area contributed by atoms with E-state index in [0.29, 0.717) is 18.3 Å². The highest BCUT2D eigenvalue weighted by Gasteiger charge is 2.09. The molecule has 1 atom stereocenters. The lowest BCUT2D eigenvalue weighted by Gasteiger charge is -2.15. The molecule has 0 saturated carbocycles. The minimum atomic E-state index is 0.365. The molecule has 0 aliphatic carbocycles. The number of phenolic OH excluding ortho intramolecular Hbond substituents is 1. The van der Waals surface area contributed by atoms with Crippen LogP contribution in [0.3, 0.4) is 0 Å². The maximum Gasteiger partial charge on any atom is 0.120 e. The van der Waals surface area contributed by atoms with Crippen LogP contribution in [0.5, 0.6) is 5.75 Å². The first-order valence-corrected chi connectivity index (χ1v) is 8.07. The van der Waals surface area contributed by atoms with Crippen LogP contribution in [0.25, 0.3) is 10.8 Å². The minimum Gasteiger partial charge on any atom is -0.508 e. The van der Waals surface area contributed by atoms with Gasteiger partial charge in [0.05, 0.1) is 0 Å². The number of fused-ring (bicyclic) bond motifs is 1. The predicted molar refractivity (Wildman–Crippen MR) is 89.9 cm³/mol. The van der Waals surface area contributed by atoms with E-state index in [1.165, 1.54) is 4.88 Å². The van der Waals surface area contributed by atoms with Crippen molar-refractivity contribution in [1.82, 2.24) is 5.32 Å². The fraction of sp³-hybridized carbons (Fsp3) is 0.222. The molecule has 3 heteroatoms. The zero-order valence-corrected chi connectivity index (χ0v) is 12.9. The highest BCUT2D eigenvalue weighted by atomic mass is 32.1. The third-order valence-corrected chi connectivity index (χ3v) is 4.63. The van der Waals surface area contributed by atoms with Crippen molar-refractivity contribution in [2.45, 2.75) is 25.9 Å². The molecule has 3 aromatic rings. The quantitative estimate of drug-likeness (QED) is 0.735. The molecule has 0 aliphatic rings. The number of thiophene rings is 1. The topological polar surface area (TPSA) is 32.3 Å². The van der Waals surface area contributed by atoms with Crippen molar-refractivity contribution in [2.75, 3.05) is 0 Å². The largest absolute Gasteiger partial charge is 0.508 e. The van der Waals surface area contributed by atoms with Gasteiger partial charge in [0.15, 0.2) is 0 Å². The third kappa shape index (κ3) is 3.26. The zero-order valence-electron chi connectivity index (χ0n) is 12.0. The Kier molecular flexibility index (Phi) is 4.23. The van der Waals surface area contributed by atoms with E-state index in [1.54, 1.807) is 17.4 Å². The van der Waals surface area contributed by atoms with Crippen LogP contribution in [-0.2, 0) is 13.0 Å². The maximum absolute atomic E-state index is 10.1. The van der Waals surface area contributed by atoms with Gasteiger partial charge < -0.3 is 10.4 Å². The van der Waals surface area contributed by atoms with E-state index in [1.807, 2.05) is 18.2 Å². The van der Waals surface area contributed by atoms with Crippen molar-refractivity contribution in [3.63, 3.8) is 0 Å². The Bertz CT molecular complexity index is 721. The fourth-order valence-electron chi connectivity index (χ4n) is 2.59. The number of benzene rings is 2. The summed E-state index contributed by atoms with van der Waals surface area (Å²) in [5, 5.41) is 18.1. The highest BCUT2D eigenvalue weighted by molar-refractivity contribution is 7.09. The van der Waals surface area contributed by atoms with E-state index < -0.39 is 0 Å². The van der Waals surface area contributed by atoms with Crippen LogP contribution in [0.4, 0.5) is 0 Å². The van der Waals surface area contributed by atoms with Crippen molar-refractivity contribution in [3.8, 4) is 5.75 Å². The van der Waals surface area contributed by atoms with Crippen LogP contribution in [0.2, 0.25) is 0 Å². The second-order valence-corrected chi connectivity index (χ2v) is 6.38. The SMILES string of the molecule is CC(Cc1cccs1)NCc1c(O)ccc2ccccc12. The van der Waals surface area contributed by atoms with Gasteiger partial charge >= 0.3 is 0 Å². The molecule has 3 rings (SSSR count). The van der Waals surface area contributed by atoms with Crippen molar-refractivity contribution in [2.24, 2.45) is 0 Å². The van der Waals surface area contributed by atoms with Gasteiger partial charge in [-0.3, -0.25) is 0 Å². The highest BCUT2D eigenvalue weighted by Crippen LogP contribution is 2.27. The van der Waals surface area contributed by atoms with E-state index in [2.05, 4.69) is 41.9 Å². The summed E-state index contributed by atoms with van der Waals surface area (Å²) < 4.78 is 0. The van der Waals surface area contributed by atoms with Crippen LogP contribution in [0, 0.1) is 0 Å². The number of phenols is 1. The summed E-state index contributed by atoms with van der Waals surface area (Å²) in [4.78, 5) is 1.39. The lowest BCUT2D eigenvalue weighted by atomic mass is 10.0. The van der Waals surface area contributed by atoms with E-state index in [9.17, 15) is 5.11 Å². The van der Waals surface area contributed by atoms with Gasteiger partial charge in [-0.2, -0.15) is 0 Å². The smallest absolute Gasteiger partial charge is 0.120 e. The standard InChI is InChI=1S/C18H19NOS/c1-13(11-15-6-4-10-21-15)19-12-17-16-7-3-2-5-14(16)8-9-18(17)20/h2-10,13,19-20H,11-12H2,1H3. The molecule has 0 saturated heterocycles. The van der Waals surface area contributed by atoms with Crippen molar-refractivity contribution in [1.29, 1.82) is 0 Å². The minimum absolute atomic E-state index is 0.365. The van der Waals surface area contributed by atoms with E-state index in [0.717, 1.165) is 22.8 Å². The summed E-state index contributed by atoms with van der Waals surface area (Å²) in [6.45, 7) is 2.86. The Hall–Kier alpha value is -1.84. The molecule has 2 nitrogen and oxygen atoms in total. The lowest BCUT2D eigenvalue weighted by molar-refractivity contribution is 0.460. The summed E-state index contributed by atoms with van der Waals surface area (Å²) in [6.07, 6.45) is 1.02. The molecule has 0 amide bonds. The van der Waals surface area contributed by atoms with Crippen molar-refractivity contribution < 1.29 is 5.11 Å². The molecule has 0 fully saturated rings. The van der Waals surface area contributed by atoms with E-state index in [-0.39, 0.29) is 0 Å². The molecule has 0 spiro atoms. The monoisotopic (exact) mass is 297 g/mol. The Labute approximate surface area is 129 Å². The molecule has 21 heavy (non-hydrogen) atoms. The molecule has 1 heterocycles. The molecule has 2 aromatic carbocycles. The predicted octanol–water partition coefficient (Wildman–Crippen LogP) is 4.33. The lowest BCUT2D eigenvalue weighted by Crippen LogP contribution is -2.27. The van der Waals surface area contributed by atoms with Crippen LogP contribution < -0.4 is 5.32 Å². The second kappa shape index (κ2) is 6.29. The van der Waals surface area contributed by atoms with Gasteiger partial charge in [-0.1, -0.05) is 36.4 Å². The second-order valence-electron chi connectivity index (χ2n) is 5.35. The van der Waals surface area contributed by atoms with Crippen LogP contribution in [0.15, 0.2) is 53.9 Å². The molecule has 0 radical (unpaired) electrons. The molecular weight excluding hydrogens is 278 g/mol. The summed E-state index contributed by atoms with van der Waals surface area (Å²) in [7, 11) is 0. The normalized spacial score (nSPS) is 12.6. The first-order chi connectivity index (χ1) is 10.2. The van der Waals surface area contributed by atoms with Gasteiger partial charge in [-0.25, -0.2) is 0 Å². The molecule has 1 unspecified atom stereocenters. The Morgan fingerprint density at radius 2 is 1.95 bits per heavy atom. The van der Waals surface area contributed by atoms with E-state index >= 15 is 0 Å². The molecule has 2 N–H and O–H groups in total. The average Bonchev–Trinajstić information content (AvgIpc) is 2.99. The van der Waals surface area contributed by atoms with E-state index in [4.69, 9.17) is 0 Å². The molecule has 108 valence electrons. The fourth-order valence-corrected chi connectivity index (χ4v) is 3.42. The first kappa shape index (κ1) is 14.1. The van der Waals surface area contributed by atoms with Gasteiger partial charge in [0.25, 0.3) is 0 Å². The van der Waals surface area contributed by atoms with Crippen LogP contribution in [0.1, 0.15) is 17.4 Å². The van der Waals surface area contributed by atoms with Gasteiger partial charge in [-0.15, -0.1) is 11.3 Å². The molecular formula is C18H19NOS. The Balaban J connectivity index is 1.74. The summed E-state index contributed by atoms with van der Waals surface area (Å²) in [5.41, 5.74) is 0.978. The Morgan fingerprint density at radius 3 is 2.76 bits per heavy atom. The first-order valence-electron chi connectivity index (χ1n) is 7.19. The zero-order chi connectivity index (χ0) is 14.7. The molecule has 1 aromatic heterocycles. The maximum atomic E-state index is 10.1. The summed E-state index contributed by atoms with van der Waals surface area (Å²) in [6, 6.07) is 16.6. The summed E-state index contributed by atoms with van der Waals surface area (Å²) in [5.74, 6) is 0.365. The van der Waals surface area contributed by atoms with Gasteiger partial charge in [0, 0.05) is 23.0 Å².